The van der Waals surface area contributed by atoms with Gasteiger partial charge in [0.25, 0.3) is 0 Å². The van der Waals surface area contributed by atoms with Gasteiger partial charge in [-0.25, -0.2) is 4.79 Å². The van der Waals surface area contributed by atoms with Crippen molar-refractivity contribution >= 4 is 5.94 Å². The van der Waals surface area contributed by atoms with Crippen LogP contribution in [0.15, 0.2) is 6.08 Å². The van der Waals surface area contributed by atoms with Crippen molar-refractivity contribution in [3.05, 3.63) is 6.08 Å². The third-order valence-electron chi connectivity index (χ3n) is 2.20. The quantitative estimate of drug-likeness (QED) is 0.454. The molecule has 0 radical (unpaired) electrons. The molecule has 1 rings (SSSR count). The van der Waals surface area contributed by atoms with Gasteiger partial charge < -0.3 is 0 Å². The molecule has 0 aromatic rings. The average Bonchev–Trinajstić information content (AvgIpc) is 2.56. The van der Waals surface area contributed by atoms with Crippen LogP contribution in [-0.4, -0.2) is 30.0 Å². The van der Waals surface area contributed by atoms with Gasteiger partial charge in [-0.15, -0.1) is 12.3 Å². The zero-order valence-corrected chi connectivity index (χ0v) is 7.12. The van der Waals surface area contributed by atoms with Crippen molar-refractivity contribution in [3.63, 3.8) is 0 Å². The topological polar surface area (TPSA) is 20.3 Å². The van der Waals surface area contributed by atoms with Crippen molar-refractivity contribution in [2.45, 2.75) is 25.3 Å². The summed E-state index contributed by atoms with van der Waals surface area (Å²) >= 11 is 0. The Labute approximate surface area is 73.2 Å². The molecule has 0 aromatic heterocycles. The molecule has 0 aromatic carbocycles. The summed E-state index contributed by atoms with van der Waals surface area (Å²) in [6.07, 6.45) is 9.79. The Morgan fingerprint density at radius 2 is 2.17 bits per heavy atom. The summed E-state index contributed by atoms with van der Waals surface area (Å²) in [6, 6.07) is 0.120. The Morgan fingerprint density at radius 1 is 1.50 bits per heavy atom. The highest BCUT2D eigenvalue weighted by Gasteiger charge is 2.18. The molecule has 1 heterocycles. The molecule has 1 fully saturated rings. The molecule has 0 N–H and O–H groups in total. The molecule has 1 aliphatic heterocycles. The van der Waals surface area contributed by atoms with E-state index >= 15 is 0 Å². The Bertz CT molecular complexity index is 216. The van der Waals surface area contributed by atoms with Gasteiger partial charge in [0.2, 0.25) is 0 Å². The molecule has 2 heteroatoms. The molecule has 0 amide bonds. The van der Waals surface area contributed by atoms with Gasteiger partial charge in [0.15, 0.2) is 0 Å². The van der Waals surface area contributed by atoms with E-state index in [1.807, 2.05) is 5.94 Å². The van der Waals surface area contributed by atoms with Crippen molar-refractivity contribution in [3.8, 4) is 12.3 Å². The summed E-state index contributed by atoms with van der Waals surface area (Å²) in [5, 5.41) is 0. The second-order valence-electron chi connectivity index (χ2n) is 3.00. The van der Waals surface area contributed by atoms with Crippen LogP contribution in [0.5, 0.6) is 0 Å². The zero-order valence-electron chi connectivity index (χ0n) is 7.12. The Kier molecular flexibility index (Phi) is 3.60. The van der Waals surface area contributed by atoms with Crippen LogP contribution in [0.2, 0.25) is 0 Å². The molecule has 12 heavy (non-hydrogen) atoms. The van der Waals surface area contributed by atoms with Crippen LogP contribution in [0.1, 0.15) is 19.3 Å². The first-order chi connectivity index (χ1) is 5.88. The minimum Gasteiger partial charge on any atom is -0.295 e. The minimum atomic E-state index is 0.120. The van der Waals surface area contributed by atoms with Gasteiger partial charge in [0, 0.05) is 18.5 Å². The lowest BCUT2D eigenvalue weighted by Crippen LogP contribution is -2.30. The van der Waals surface area contributed by atoms with Crippen LogP contribution in [0.4, 0.5) is 0 Å². The molecule has 0 saturated carbocycles. The van der Waals surface area contributed by atoms with E-state index in [1.165, 1.54) is 18.9 Å². The number of likely N-dealkylation sites (tertiary alicyclic amines) is 1. The fraction of sp³-hybridized carbons (Fsp3) is 0.600. The number of hydrogen-bond acceptors (Lipinski definition) is 2. The maximum Gasteiger partial charge on any atom is 0.121 e. The van der Waals surface area contributed by atoms with Crippen molar-refractivity contribution in [1.82, 2.24) is 4.90 Å². The fourth-order valence-corrected chi connectivity index (χ4v) is 1.57. The minimum absolute atomic E-state index is 0.120. The lowest BCUT2D eigenvalue weighted by atomic mass is 10.2. The third-order valence-corrected chi connectivity index (χ3v) is 2.20. The molecule has 0 spiro atoms. The van der Waals surface area contributed by atoms with Gasteiger partial charge in [-0.05, 0) is 25.9 Å². The van der Waals surface area contributed by atoms with Crippen LogP contribution in [0, 0.1) is 12.3 Å². The summed E-state index contributed by atoms with van der Waals surface area (Å²) in [7, 11) is 0. The molecule has 0 bridgehead atoms. The van der Waals surface area contributed by atoms with Gasteiger partial charge in [-0.1, -0.05) is 0 Å². The maximum atomic E-state index is 10.2. The van der Waals surface area contributed by atoms with E-state index in [1.54, 1.807) is 0 Å². The van der Waals surface area contributed by atoms with Crippen molar-refractivity contribution in [2.24, 2.45) is 0 Å². The van der Waals surface area contributed by atoms with Crippen molar-refractivity contribution in [1.29, 1.82) is 0 Å². The zero-order chi connectivity index (χ0) is 8.81. The largest absolute Gasteiger partial charge is 0.295 e. The van der Waals surface area contributed by atoms with Crippen LogP contribution in [-0.2, 0) is 4.79 Å². The Balaban J connectivity index is 2.52. The highest BCUT2D eigenvalue weighted by molar-refractivity contribution is 5.46. The summed E-state index contributed by atoms with van der Waals surface area (Å²) in [5.74, 6) is 4.39. The number of carbonyl (C=O) groups excluding carboxylic acids is 1. The van der Waals surface area contributed by atoms with E-state index in [0.29, 0.717) is 6.42 Å². The molecule has 64 valence electrons. The highest BCUT2D eigenvalue weighted by atomic mass is 16.1. The first kappa shape index (κ1) is 9.06. The van der Waals surface area contributed by atoms with Gasteiger partial charge in [0.05, 0.1) is 0 Å². The van der Waals surface area contributed by atoms with Gasteiger partial charge in [0.1, 0.15) is 5.94 Å². The molecular weight excluding hydrogens is 150 g/mol. The SMILES string of the molecule is C#CCC(C=C=O)N1CCCC1. The van der Waals surface area contributed by atoms with E-state index in [-0.39, 0.29) is 6.04 Å². The van der Waals surface area contributed by atoms with E-state index < -0.39 is 0 Å². The lowest BCUT2D eigenvalue weighted by Gasteiger charge is -2.21. The van der Waals surface area contributed by atoms with Crippen molar-refractivity contribution in [2.75, 3.05) is 13.1 Å². The summed E-state index contributed by atoms with van der Waals surface area (Å²) in [5.41, 5.74) is 0. The highest BCUT2D eigenvalue weighted by Crippen LogP contribution is 2.13. The molecule has 0 aliphatic carbocycles. The summed E-state index contributed by atoms with van der Waals surface area (Å²) in [6.45, 7) is 2.12. The average molecular weight is 163 g/mol. The van der Waals surface area contributed by atoms with Crippen LogP contribution in [0.3, 0.4) is 0 Å². The molecule has 1 aliphatic rings. The first-order valence-electron chi connectivity index (χ1n) is 4.27. The van der Waals surface area contributed by atoms with E-state index in [9.17, 15) is 4.79 Å². The predicted octanol–water partition coefficient (Wildman–Crippen LogP) is 0.862. The smallest absolute Gasteiger partial charge is 0.121 e. The van der Waals surface area contributed by atoms with Crippen molar-refractivity contribution < 1.29 is 4.79 Å². The normalized spacial score (nSPS) is 19.6. The third kappa shape index (κ3) is 2.23. The fourth-order valence-electron chi connectivity index (χ4n) is 1.57. The van der Waals surface area contributed by atoms with E-state index in [2.05, 4.69) is 10.8 Å². The van der Waals surface area contributed by atoms with E-state index in [0.717, 1.165) is 13.1 Å². The molecule has 2 nitrogen and oxygen atoms in total. The number of terminal acetylenes is 1. The van der Waals surface area contributed by atoms with Gasteiger partial charge in [-0.2, -0.15) is 0 Å². The predicted molar refractivity (Wildman–Crippen MR) is 48.3 cm³/mol. The van der Waals surface area contributed by atoms with Crippen LogP contribution in [0.25, 0.3) is 0 Å². The summed E-state index contributed by atoms with van der Waals surface area (Å²) < 4.78 is 0. The number of hydrogen-bond donors (Lipinski definition) is 0. The van der Waals surface area contributed by atoms with Crippen LogP contribution >= 0.6 is 0 Å². The lowest BCUT2D eigenvalue weighted by molar-refractivity contribution is 0.288. The molecule has 1 atom stereocenters. The summed E-state index contributed by atoms with van der Waals surface area (Å²) in [4.78, 5) is 12.4. The molecule has 1 unspecified atom stereocenters. The monoisotopic (exact) mass is 163 g/mol. The second-order valence-corrected chi connectivity index (χ2v) is 3.00. The Morgan fingerprint density at radius 3 is 2.67 bits per heavy atom. The van der Waals surface area contributed by atoms with Gasteiger partial charge in [-0.3, -0.25) is 4.90 Å². The van der Waals surface area contributed by atoms with E-state index in [4.69, 9.17) is 6.42 Å². The maximum absolute atomic E-state index is 10.2. The molecular formula is C10H13NO. The first-order valence-corrected chi connectivity index (χ1v) is 4.27. The Hall–Kier alpha value is -1.03. The second kappa shape index (κ2) is 4.77. The standard InChI is InChI=1S/C10H13NO/c1-2-5-10(6-9-12)11-7-3-4-8-11/h1,6,10H,3-5,7-8H2. The number of nitrogens with zero attached hydrogens (tertiary/aromatic N) is 1. The molecule has 1 saturated heterocycles. The number of rotatable bonds is 3. The van der Waals surface area contributed by atoms with Gasteiger partial charge >= 0.3 is 0 Å². The van der Waals surface area contributed by atoms with Crippen LogP contribution < -0.4 is 0 Å².